The maximum absolute atomic E-state index is 11.9. The van der Waals surface area contributed by atoms with Gasteiger partial charge in [-0.05, 0) is 32.3 Å². The van der Waals surface area contributed by atoms with Crippen molar-refractivity contribution in [2.45, 2.75) is 26.2 Å². The van der Waals surface area contributed by atoms with Crippen LogP contribution in [-0.2, 0) is 4.79 Å². The lowest BCUT2D eigenvalue weighted by Gasteiger charge is -2.26. The monoisotopic (exact) mass is 234 g/mol. The summed E-state index contributed by atoms with van der Waals surface area (Å²) in [7, 11) is 0. The number of aryl methyl sites for hydroxylation is 1. The minimum absolute atomic E-state index is 0.154. The number of carbonyl (C=O) groups excluding carboxylic acids is 1. The van der Waals surface area contributed by atoms with Crippen LogP contribution in [0.5, 0.6) is 0 Å². The first-order chi connectivity index (χ1) is 8.25. The van der Waals surface area contributed by atoms with Gasteiger partial charge in [0.15, 0.2) is 0 Å². The lowest BCUT2D eigenvalue weighted by Crippen LogP contribution is -2.39. The van der Waals surface area contributed by atoms with E-state index in [1.54, 1.807) is 12.3 Å². The third kappa shape index (κ3) is 3.41. The number of amides is 1. The number of carbonyl (C=O) groups is 1. The number of aromatic nitrogens is 2. The van der Waals surface area contributed by atoms with Crippen LogP contribution in [0.15, 0.2) is 12.3 Å². The Kier molecular flexibility index (Phi) is 3.90. The normalized spacial score (nSPS) is 15.7. The first kappa shape index (κ1) is 11.8. The zero-order valence-corrected chi connectivity index (χ0v) is 10.1. The first-order valence-corrected chi connectivity index (χ1v) is 6.07. The molecule has 1 fully saturated rings. The fraction of sp³-hybridized carbons (Fsp3) is 0.583. The molecule has 0 atom stereocenters. The maximum Gasteiger partial charge on any atom is 0.241 e. The fourth-order valence-electron chi connectivity index (χ4n) is 1.98. The average Bonchev–Trinajstić information content (AvgIpc) is 2.37. The van der Waals surface area contributed by atoms with Gasteiger partial charge in [0.05, 0.1) is 6.54 Å². The van der Waals surface area contributed by atoms with Crippen molar-refractivity contribution >= 4 is 11.7 Å². The van der Waals surface area contributed by atoms with Crippen molar-refractivity contribution < 1.29 is 4.79 Å². The van der Waals surface area contributed by atoms with Crippen LogP contribution >= 0.6 is 0 Å². The molecule has 0 spiro atoms. The summed E-state index contributed by atoms with van der Waals surface area (Å²) in [4.78, 5) is 22.0. The molecule has 2 heterocycles. The number of anilines is 1. The number of rotatable bonds is 3. The molecule has 1 amide bonds. The van der Waals surface area contributed by atoms with Crippen LogP contribution in [0.3, 0.4) is 0 Å². The molecule has 5 heteroatoms. The quantitative estimate of drug-likeness (QED) is 0.854. The van der Waals surface area contributed by atoms with Gasteiger partial charge in [0.2, 0.25) is 5.91 Å². The molecule has 0 radical (unpaired) electrons. The molecule has 2 rings (SSSR count). The van der Waals surface area contributed by atoms with Gasteiger partial charge in [0.25, 0.3) is 0 Å². The molecule has 17 heavy (non-hydrogen) atoms. The van der Waals surface area contributed by atoms with E-state index in [2.05, 4.69) is 15.3 Å². The Bertz CT molecular complexity index is 388. The molecule has 1 aliphatic rings. The Hall–Kier alpha value is -1.65. The van der Waals surface area contributed by atoms with Crippen molar-refractivity contribution in [1.29, 1.82) is 0 Å². The highest BCUT2D eigenvalue weighted by Crippen LogP contribution is 2.09. The number of nitrogens with zero attached hydrogens (tertiary/aromatic N) is 3. The molecule has 0 unspecified atom stereocenters. The molecule has 1 aromatic rings. The summed E-state index contributed by atoms with van der Waals surface area (Å²) in [6, 6.07) is 1.77. The minimum Gasteiger partial charge on any atom is -0.361 e. The Labute approximate surface area is 101 Å². The standard InChI is InChI=1S/C12H18N4O/c1-10-13-6-5-11(15-10)14-9-12(17)16-7-3-2-4-8-16/h5-6H,2-4,7-9H2,1H3,(H,13,14,15). The van der Waals surface area contributed by atoms with Crippen molar-refractivity contribution in [3.8, 4) is 0 Å². The molecule has 1 aliphatic heterocycles. The van der Waals surface area contributed by atoms with Gasteiger partial charge in [0, 0.05) is 19.3 Å². The van der Waals surface area contributed by atoms with Crippen LogP contribution in [0, 0.1) is 6.92 Å². The highest BCUT2D eigenvalue weighted by molar-refractivity contribution is 5.80. The number of likely N-dealkylation sites (tertiary alicyclic amines) is 1. The molecule has 5 nitrogen and oxygen atoms in total. The second-order valence-corrected chi connectivity index (χ2v) is 4.28. The van der Waals surface area contributed by atoms with Crippen molar-refractivity contribution in [2.24, 2.45) is 0 Å². The van der Waals surface area contributed by atoms with Crippen LogP contribution in [0.4, 0.5) is 5.82 Å². The number of piperidine rings is 1. The molecule has 1 saturated heterocycles. The van der Waals surface area contributed by atoms with E-state index in [4.69, 9.17) is 0 Å². The van der Waals surface area contributed by atoms with Gasteiger partial charge >= 0.3 is 0 Å². The minimum atomic E-state index is 0.154. The Morgan fingerprint density at radius 2 is 2.18 bits per heavy atom. The van der Waals surface area contributed by atoms with Crippen LogP contribution in [0.1, 0.15) is 25.1 Å². The topological polar surface area (TPSA) is 58.1 Å². The van der Waals surface area contributed by atoms with Gasteiger partial charge < -0.3 is 10.2 Å². The Morgan fingerprint density at radius 1 is 1.41 bits per heavy atom. The number of hydrogen-bond acceptors (Lipinski definition) is 4. The molecule has 0 aromatic carbocycles. The van der Waals surface area contributed by atoms with Crippen molar-refractivity contribution in [3.05, 3.63) is 18.1 Å². The molecule has 0 aliphatic carbocycles. The van der Waals surface area contributed by atoms with E-state index >= 15 is 0 Å². The molecular weight excluding hydrogens is 216 g/mol. The van der Waals surface area contributed by atoms with Crippen LogP contribution < -0.4 is 5.32 Å². The van der Waals surface area contributed by atoms with Crippen LogP contribution in [0.2, 0.25) is 0 Å². The van der Waals surface area contributed by atoms with E-state index in [-0.39, 0.29) is 5.91 Å². The highest BCUT2D eigenvalue weighted by atomic mass is 16.2. The number of nitrogens with one attached hydrogen (secondary N) is 1. The SMILES string of the molecule is Cc1nccc(NCC(=O)N2CCCCC2)n1. The maximum atomic E-state index is 11.9. The zero-order chi connectivity index (χ0) is 12.1. The highest BCUT2D eigenvalue weighted by Gasteiger charge is 2.15. The van der Waals surface area contributed by atoms with Gasteiger partial charge in [-0.15, -0.1) is 0 Å². The summed E-state index contributed by atoms with van der Waals surface area (Å²) in [6.07, 6.45) is 5.18. The Morgan fingerprint density at radius 3 is 2.88 bits per heavy atom. The van der Waals surface area contributed by atoms with Gasteiger partial charge in [-0.2, -0.15) is 0 Å². The summed E-state index contributed by atoms with van der Waals surface area (Å²) >= 11 is 0. The second-order valence-electron chi connectivity index (χ2n) is 4.28. The predicted octanol–water partition coefficient (Wildman–Crippen LogP) is 1.21. The zero-order valence-electron chi connectivity index (χ0n) is 10.1. The van der Waals surface area contributed by atoms with Crippen LogP contribution in [0.25, 0.3) is 0 Å². The van der Waals surface area contributed by atoms with E-state index in [0.717, 1.165) is 25.9 Å². The third-order valence-corrected chi connectivity index (χ3v) is 2.91. The molecule has 1 N–H and O–H groups in total. The molecule has 0 bridgehead atoms. The lowest BCUT2D eigenvalue weighted by molar-refractivity contribution is -0.130. The summed E-state index contributed by atoms with van der Waals surface area (Å²) in [5.74, 6) is 1.57. The van der Waals surface area contributed by atoms with E-state index in [1.165, 1.54) is 6.42 Å². The smallest absolute Gasteiger partial charge is 0.241 e. The predicted molar refractivity (Wildman–Crippen MR) is 65.7 cm³/mol. The van der Waals surface area contributed by atoms with Gasteiger partial charge in [-0.3, -0.25) is 4.79 Å². The van der Waals surface area contributed by atoms with Crippen molar-refractivity contribution in [3.63, 3.8) is 0 Å². The molecular formula is C12H18N4O. The van der Waals surface area contributed by atoms with E-state index in [1.807, 2.05) is 11.8 Å². The summed E-state index contributed by atoms with van der Waals surface area (Å²) in [6.45, 7) is 3.93. The van der Waals surface area contributed by atoms with Gasteiger partial charge in [-0.1, -0.05) is 0 Å². The average molecular weight is 234 g/mol. The largest absolute Gasteiger partial charge is 0.361 e. The third-order valence-electron chi connectivity index (χ3n) is 2.91. The second kappa shape index (κ2) is 5.61. The lowest BCUT2D eigenvalue weighted by atomic mass is 10.1. The summed E-state index contributed by atoms with van der Waals surface area (Å²) in [5, 5.41) is 3.04. The number of hydrogen-bond donors (Lipinski definition) is 1. The molecule has 0 saturated carbocycles. The van der Waals surface area contributed by atoms with Crippen LogP contribution in [-0.4, -0.2) is 40.4 Å². The summed E-state index contributed by atoms with van der Waals surface area (Å²) in [5.41, 5.74) is 0. The van der Waals surface area contributed by atoms with Crippen molar-refractivity contribution in [1.82, 2.24) is 14.9 Å². The van der Waals surface area contributed by atoms with Gasteiger partial charge in [0.1, 0.15) is 11.6 Å². The van der Waals surface area contributed by atoms with E-state index in [9.17, 15) is 4.79 Å². The first-order valence-electron chi connectivity index (χ1n) is 6.07. The fourth-order valence-corrected chi connectivity index (χ4v) is 1.98. The van der Waals surface area contributed by atoms with Crippen molar-refractivity contribution in [2.75, 3.05) is 25.0 Å². The molecule has 92 valence electrons. The summed E-state index contributed by atoms with van der Waals surface area (Å²) < 4.78 is 0. The van der Waals surface area contributed by atoms with Gasteiger partial charge in [-0.25, -0.2) is 9.97 Å². The van der Waals surface area contributed by atoms with E-state index < -0.39 is 0 Å². The van der Waals surface area contributed by atoms with E-state index in [0.29, 0.717) is 18.2 Å². The Balaban J connectivity index is 1.83. The molecule has 1 aromatic heterocycles.